The maximum absolute atomic E-state index is 13.2. The lowest BCUT2D eigenvalue weighted by Gasteiger charge is -2.14. The Morgan fingerprint density at radius 2 is 2.09 bits per heavy atom. The van der Waals surface area contributed by atoms with Crippen LogP contribution >= 0.6 is 0 Å². The number of nitrogens with one attached hydrogen (secondary N) is 2. The Morgan fingerprint density at radius 1 is 1.36 bits per heavy atom. The van der Waals surface area contributed by atoms with Crippen molar-refractivity contribution in [1.29, 1.82) is 0 Å². The third-order valence-corrected chi connectivity index (χ3v) is 3.40. The first-order valence-electron chi connectivity index (χ1n) is 7.15. The Kier molecular flexibility index (Phi) is 4.92. The molecule has 0 fully saturated rings. The third-order valence-electron chi connectivity index (χ3n) is 3.40. The van der Waals surface area contributed by atoms with E-state index in [0.717, 1.165) is 0 Å². The zero-order valence-corrected chi connectivity index (χ0v) is 12.5. The number of aliphatic hydroxyl groups is 1. The summed E-state index contributed by atoms with van der Waals surface area (Å²) in [6.07, 6.45) is 0.136. The zero-order valence-electron chi connectivity index (χ0n) is 12.5. The van der Waals surface area contributed by atoms with Crippen LogP contribution in [0.15, 0.2) is 29.1 Å². The highest BCUT2D eigenvalue weighted by Gasteiger charge is 2.14. The Hall–Kier alpha value is -2.21. The number of halogens is 1. The molecule has 2 unspecified atom stereocenters. The van der Waals surface area contributed by atoms with Crippen molar-refractivity contribution in [2.45, 2.75) is 26.4 Å². The van der Waals surface area contributed by atoms with E-state index in [9.17, 15) is 19.1 Å². The normalized spacial score (nSPS) is 13.8. The van der Waals surface area contributed by atoms with Gasteiger partial charge in [-0.15, -0.1) is 0 Å². The van der Waals surface area contributed by atoms with Gasteiger partial charge in [0, 0.05) is 18.0 Å². The molecule has 0 aliphatic carbocycles. The zero-order chi connectivity index (χ0) is 16.3. The molecule has 118 valence electrons. The molecule has 0 saturated heterocycles. The van der Waals surface area contributed by atoms with Gasteiger partial charge in [0.2, 0.25) is 5.56 Å². The fourth-order valence-corrected chi connectivity index (χ4v) is 2.45. The molecule has 0 spiro atoms. The molecule has 1 aromatic heterocycles. The number of aromatic amines is 1. The van der Waals surface area contributed by atoms with E-state index < -0.39 is 17.5 Å². The van der Waals surface area contributed by atoms with Gasteiger partial charge in [0.05, 0.1) is 17.2 Å². The quantitative estimate of drug-likeness (QED) is 0.788. The third kappa shape index (κ3) is 3.92. The summed E-state index contributed by atoms with van der Waals surface area (Å²) >= 11 is 0. The van der Waals surface area contributed by atoms with Crippen molar-refractivity contribution in [3.63, 3.8) is 0 Å². The first-order chi connectivity index (χ1) is 10.4. The van der Waals surface area contributed by atoms with Crippen LogP contribution in [0.1, 0.15) is 30.6 Å². The van der Waals surface area contributed by atoms with Crippen LogP contribution in [-0.4, -0.2) is 28.6 Å². The molecule has 6 heteroatoms. The predicted molar refractivity (Wildman–Crippen MR) is 82.3 cm³/mol. The van der Waals surface area contributed by atoms with Gasteiger partial charge in [0.25, 0.3) is 5.91 Å². The molecule has 2 rings (SSSR count). The second-order valence-electron chi connectivity index (χ2n) is 5.64. The van der Waals surface area contributed by atoms with Gasteiger partial charge in [0.1, 0.15) is 5.82 Å². The van der Waals surface area contributed by atoms with Gasteiger partial charge >= 0.3 is 0 Å². The number of rotatable bonds is 5. The molecule has 2 atom stereocenters. The van der Waals surface area contributed by atoms with E-state index in [-0.39, 0.29) is 22.9 Å². The maximum Gasteiger partial charge on any atom is 0.252 e. The maximum atomic E-state index is 13.2. The van der Waals surface area contributed by atoms with E-state index in [1.807, 2.05) is 6.92 Å². The summed E-state index contributed by atoms with van der Waals surface area (Å²) in [5.41, 5.74) is 0.0398. The van der Waals surface area contributed by atoms with Gasteiger partial charge in [-0.1, -0.05) is 6.92 Å². The van der Waals surface area contributed by atoms with Crippen LogP contribution in [-0.2, 0) is 0 Å². The fraction of sp³-hybridized carbons (Fsp3) is 0.375. The smallest absolute Gasteiger partial charge is 0.252 e. The van der Waals surface area contributed by atoms with Crippen molar-refractivity contribution < 1.29 is 14.3 Å². The molecule has 0 aliphatic rings. The molecule has 1 heterocycles. The van der Waals surface area contributed by atoms with Gasteiger partial charge in [-0.2, -0.15) is 0 Å². The highest BCUT2D eigenvalue weighted by Crippen LogP contribution is 2.16. The van der Waals surface area contributed by atoms with Crippen molar-refractivity contribution in [2.24, 2.45) is 5.92 Å². The molecule has 5 nitrogen and oxygen atoms in total. The van der Waals surface area contributed by atoms with E-state index in [2.05, 4.69) is 10.3 Å². The van der Waals surface area contributed by atoms with Crippen LogP contribution in [0.5, 0.6) is 0 Å². The van der Waals surface area contributed by atoms with E-state index in [1.165, 1.54) is 24.3 Å². The standard InChI is InChI=1S/C16H19FN2O3/c1-9(5-10(2)20)8-18-16(22)13-7-15(21)19-14-6-11(17)3-4-12(13)14/h3-4,6-7,9-10,20H,5,8H2,1-2H3,(H,18,22)(H,19,21). The van der Waals surface area contributed by atoms with Crippen molar-refractivity contribution in [3.8, 4) is 0 Å². The minimum atomic E-state index is -0.480. The SMILES string of the molecule is CC(O)CC(C)CNC(=O)c1cc(=O)[nH]c2cc(F)ccc12. The molecule has 2 aromatic rings. The number of amides is 1. The topological polar surface area (TPSA) is 82.2 Å². The van der Waals surface area contributed by atoms with Crippen LogP contribution in [0.4, 0.5) is 4.39 Å². The van der Waals surface area contributed by atoms with Gasteiger partial charge in [-0.05, 0) is 37.5 Å². The Labute approximate surface area is 127 Å². The number of hydrogen-bond donors (Lipinski definition) is 3. The van der Waals surface area contributed by atoms with Crippen LogP contribution < -0.4 is 10.9 Å². The number of hydrogen-bond acceptors (Lipinski definition) is 3. The Bertz CT molecular complexity index is 740. The molecular weight excluding hydrogens is 287 g/mol. The molecule has 0 bridgehead atoms. The lowest BCUT2D eigenvalue weighted by Crippen LogP contribution is -2.30. The Morgan fingerprint density at radius 3 is 2.77 bits per heavy atom. The number of aliphatic hydroxyl groups excluding tert-OH is 1. The molecule has 22 heavy (non-hydrogen) atoms. The largest absolute Gasteiger partial charge is 0.393 e. The van der Waals surface area contributed by atoms with Crippen molar-refractivity contribution in [2.75, 3.05) is 6.54 Å². The summed E-state index contributed by atoms with van der Waals surface area (Å²) in [6.45, 7) is 3.99. The molecule has 0 aliphatic heterocycles. The van der Waals surface area contributed by atoms with Crippen LogP contribution in [0.2, 0.25) is 0 Å². The summed E-state index contributed by atoms with van der Waals surface area (Å²) in [7, 11) is 0. The number of carbonyl (C=O) groups is 1. The molecule has 1 aromatic carbocycles. The van der Waals surface area contributed by atoms with Gasteiger partial charge in [-0.3, -0.25) is 9.59 Å². The van der Waals surface area contributed by atoms with Crippen LogP contribution in [0.25, 0.3) is 10.9 Å². The summed E-state index contributed by atoms with van der Waals surface area (Å²) in [4.78, 5) is 26.4. The van der Waals surface area contributed by atoms with Crippen molar-refractivity contribution in [1.82, 2.24) is 10.3 Å². The fourth-order valence-electron chi connectivity index (χ4n) is 2.45. The van der Waals surface area contributed by atoms with Gasteiger partial charge in [0.15, 0.2) is 0 Å². The summed E-state index contributed by atoms with van der Waals surface area (Å²) in [5.74, 6) is -0.763. The molecule has 0 saturated carbocycles. The van der Waals surface area contributed by atoms with E-state index in [4.69, 9.17) is 0 Å². The van der Waals surface area contributed by atoms with E-state index in [0.29, 0.717) is 18.4 Å². The van der Waals surface area contributed by atoms with Crippen molar-refractivity contribution >= 4 is 16.8 Å². The number of carbonyl (C=O) groups excluding carboxylic acids is 1. The minimum Gasteiger partial charge on any atom is -0.393 e. The summed E-state index contributed by atoms with van der Waals surface area (Å²) in [6, 6.07) is 5.10. The van der Waals surface area contributed by atoms with Crippen LogP contribution in [0.3, 0.4) is 0 Å². The average molecular weight is 306 g/mol. The van der Waals surface area contributed by atoms with E-state index in [1.54, 1.807) is 6.92 Å². The van der Waals surface area contributed by atoms with E-state index >= 15 is 0 Å². The first kappa shape index (κ1) is 16.2. The number of fused-ring (bicyclic) bond motifs is 1. The predicted octanol–water partition coefficient (Wildman–Crippen LogP) is 1.80. The molecule has 3 N–H and O–H groups in total. The number of pyridine rings is 1. The lowest BCUT2D eigenvalue weighted by molar-refractivity contribution is 0.0941. The first-order valence-corrected chi connectivity index (χ1v) is 7.15. The average Bonchev–Trinajstić information content (AvgIpc) is 2.42. The monoisotopic (exact) mass is 306 g/mol. The van der Waals surface area contributed by atoms with Gasteiger partial charge in [-0.25, -0.2) is 4.39 Å². The molecule has 1 amide bonds. The minimum absolute atomic E-state index is 0.106. The summed E-state index contributed by atoms with van der Waals surface area (Å²) < 4.78 is 13.2. The summed E-state index contributed by atoms with van der Waals surface area (Å²) in [5, 5.41) is 12.5. The number of aromatic nitrogens is 1. The van der Waals surface area contributed by atoms with Gasteiger partial charge < -0.3 is 15.4 Å². The van der Waals surface area contributed by atoms with Crippen LogP contribution in [0, 0.1) is 11.7 Å². The van der Waals surface area contributed by atoms with Crippen molar-refractivity contribution in [3.05, 3.63) is 46.0 Å². The molecular formula is C16H19FN2O3. The highest BCUT2D eigenvalue weighted by atomic mass is 19.1. The highest BCUT2D eigenvalue weighted by molar-refractivity contribution is 6.05. The lowest BCUT2D eigenvalue weighted by atomic mass is 10.0. The Balaban J connectivity index is 2.23. The second kappa shape index (κ2) is 6.70. The number of H-pyrrole nitrogens is 1. The number of benzene rings is 1. The molecule has 0 radical (unpaired) electrons. The second-order valence-corrected chi connectivity index (χ2v) is 5.64.